The van der Waals surface area contributed by atoms with E-state index in [9.17, 15) is 9.59 Å². The summed E-state index contributed by atoms with van der Waals surface area (Å²) in [5.41, 5.74) is 1.03. The average Bonchev–Trinajstić information content (AvgIpc) is 2.45. The van der Waals surface area contributed by atoms with E-state index in [4.69, 9.17) is 10.2 Å². The molecule has 6 heteroatoms. The Labute approximate surface area is 124 Å². The standard InChI is InChI=1S/C15H22N2O4/c1-16(11-13-5-3-2-4-6-13)14(19)12-17(9-10-18)8-7-15(20)21/h2-6,18H,7-12H2,1H3,(H,20,21). The number of nitrogens with zero attached hydrogens (tertiary/aromatic N) is 2. The number of rotatable bonds is 9. The van der Waals surface area contributed by atoms with Crippen molar-refractivity contribution in [1.82, 2.24) is 9.80 Å². The number of benzene rings is 1. The lowest BCUT2D eigenvalue weighted by Gasteiger charge is -2.24. The van der Waals surface area contributed by atoms with Gasteiger partial charge in [0.2, 0.25) is 5.91 Å². The first-order valence-corrected chi connectivity index (χ1v) is 6.86. The van der Waals surface area contributed by atoms with Gasteiger partial charge in [0.25, 0.3) is 0 Å². The number of likely N-dealkylation sites (N-methyl/N-ethyl adjacent to an activating group) is 1. The molecule has 0 saturated carbocycles. The van der Waals surface area contributed by atoms with Gasteiger partial charge in [-0.2, -0.15) is 0 Å². The minimum absolute atomic E-state index is 0.0460. The highest BCUT2D eigenvalue weighted by Crippen LogP contribution is 2.03. The van der Waals surface area contributed by atoms with Gasteiger partial charge in [-0.3, -0.25) is 14.5 Å². The van der Waals surface area contributed by atoms with Crippen molar-refractivity contribution in [1.29, 1.82) is 0 Å². The Balaban J connectivity index is 2.49. The Morgan fingerprint density at radius 3 is 2.38 bits per heavy atom. The largest absolute Gasteiger partial charge is 0.481 e. The molecule has 6 nitrogen and oxygen atoms in total. The van der Waals surface area contributed by atoms with Crippen molar-refractivity contribution in [2.75, 3.05) is 33.3 Å². The molecule has 0 unspecified atom stereocenters. The molecule has 0 aliphatic rings. The molecule has 0 aliphatic carbocycles. The molecule has 1 aromatic carbocycles. The Morgan fingerprint density at radius 2 is 1.81 bits per heavy atom. The summed E-state index contributed by atoms with van der Waals surface area (Å²) in [5.74, 6) is -1.01. The van der Waals surface area contributed by atoms with Crippen LogP contribution in [0.5, 0.6) is 0 Å². The first-order chi connectivity index (χ1) is 10.0. The molecule has 1 amide bonds. The van der Waals surface area contributed by atoms with E-state index in [1.807, 2.05) is 30.3 Å². The topological polar surface area (TPSA) is 81.1 Å². The maximum atomic E-state index is 12.1. The van der Waals surface area contributed by atoms with Crippen LogP contribution in [0.15, 0.2) is 30.3 Å². The molecular formula is C15H22N2O4. The van der Waals surface area contributed by atoms with Crippen molar-refractivity contribution in [3.8, 4) is 0 Å². The molecule has 0 heterocycles. The third-order valence-corrected chi connectivity index (χ3v) is 3.11. The number of carbonyl (C=O) groups excluding carboxylic acids is 1. The van der Waals surface area contributed by atoms with Crippen LogP contribution in [0.1, 0.15) is 12.0 Å². The smallest absolute Gasteiger partial charge is 0.304 e. The lowest BCUT2D eigenvalue weighted by Crippen LogP contribution is -2.40. The van der Waals surface area contributed by atoms with E-state index >= 15 is 0 Å². The Morgan fingerprint density at radius 1 is 1.14 bits per heavy atom. The fourth-order valence-electron chi connectivity index (χ4n) is 1.92. The number of hydrogen-bond acceptors (Lipinski definition) is 4. The lowest BCUT2D eigenvalue weighted by molar-refractivity contribution is -0.138. The molecule has 1 rings (SSSR count). The number of hydrogen-bond donors (Lipinski definition) is 2. The summed E-state index contributed by atoms with van der Waals surface area (Å²) in [6, 6.07) is 9.64. The number of carboxylic acid groups (broad SMARTS) is 1. The third kappa shape index (κ3) is 6.87. The van der Waals surface area contributed by atoms with E-state index in [0.29, 0.717) is 6.54 Å². The number of carbonyl (C=O) groups is 2. The molecule has 0 fully saturated rings. The Kier molecular flexibility index (Phi) is 7.42. The average molecular weight is 294 g/mol. The summed E-state index contributed by atoms with van der Waals surface area (Å²) in [4.78, 5) is 26.0. The molecule has 0 radical (unpaired) electrons. The first kappa shape index (κ1) is 17.1. The van der Waals surface area contributed by atoms with Crippen molar-refractivity contribution in [3.63, 3.8) is 0 Å². The van der Waals surface area contributed by atoms with Gasteiger partial charge in [-0.25, -0.2) is 0 Å². The summed E-state index contributed by atoms with van der Waals surface area (Å²) in [7, 11) is 1.71. The van der Waals surface area contributed by atoms with Crippen molar-refractivity contribution in [3.05, 3.63) is 35.9 Å². The van der Waals surface area contributed by atoms with Gasteiger partial charge in [-0.15, -0.1) is 0 Å². The van der Waals surface area contributed by atoms with Crippen molar-refractivity contribution in [2.24, 2.45) is 0 Å². The summed E-state index contributed by atoms with van der Waals surface area (Å²) in [6.45, 7) is 1.05. The van der Waals surface area contributed by atoms with Crippen LogP contribution in [0.2, 0.25) is 0 Å². The van der Waals surface area contributed by atoms with E-state index in [-0.39, 0.29) is 38.6 Å². The fourth-order valence-corrected chi connectivity index (χ4v) is 1.92. The van der Waals surface area contributed by atoms with Crippen molar-refractivity contribution in [2.45, 2.75) is 13.0 Å². The second kappa shape index (κ2) is 9.10. The van der Waals surface area contributed by atoms with E-state index in [1.165, 1.54) is 0 Å². The van der Waals surface area contributed by atoms with Crippen LogP contribution in [0.3, 0.4) is 0 Å². The molecule has 116 valence electrons. The van der Waals surface area contributed by atoms with Crippen molar-refractivity contribution >= 4 is 11.9 Å². The van der Waals surface area contributed by atoms with Crippen molar-refractivity contribution < 1.29 is 19.8 Å². The fraction of sp³-hybridized carbons (Fsp3) is 0.467. The molecule has 0 spiro atoms. The quantitative estimate of drug-likeness (QED) is 0.689. The molecule has 0 bridgehead atoms. The maximum absolute atomic E-state index is 12.1. The zero-order chi connectivity index (χ0) is 15.7. The predicted octanol–water partition coefficient (Wildman–Crippen LogP) is 0.414. The summed E-state index contributed by atoms with van der Waals surface area (Å²) in [6.07, 6.45) is -0.0460. The van der Waals surface area contributed by atoms with Crippen LogP contribution < -0.4 is 0 Å². The highest BCUT2D eigenvalue weighted by Gasteiger charge is 2.15. The minimum Gasteiger partial charge on any atom is -0.481 e. The van der Waals surface area contributed by atoms with Gasteiger partial charge in [0.1, 0.15) is 0 Å². The molecule has 0 aliphatic heterocycles. The summed E-state index contributed by atoms with van der Waals surface area (Å²) < 4.78 is 0. The van der Waals surface area contributed by atoms with E-state index in [1.54, 1.807) is 16.8 Å². The molecule has 0 atom stereocenters. The van der Waals surface area contributed by atoms with Gasteiger partial charge in [-0.05, 0) is 5.56 Å². The van der Waals surface area contributed by atoms with Crippen LogP contribution in [0.4, 0.5) is 0 Å². The molecule has 0 saturated heterocycles. The number of carboxylic acids is 1. The second-order valence-electron chi connectivity index (χ2n) is 4.88. The normalized spacial score (nSPS) is 10.6. The van der Waals surface area contributed by atoms with Gasteiger partial charge in [0.05, 0.1) is 19.6 Å². The summed E-state index contributed by atoms with van der Waals surface area (Å²) >= 11 is 0. The SMILES string of the molecule is CN(Cc1ccccc1)C(=O)CN(CCO)CCC(=O)O. The van der Waals surface area contributed by atoms with Crippen LogP contribution in [0, 0.1) is 0 Å². The van der Waals surface area contributed by atoms with Crippen LogP contribution in [-0.4, -0.2) is 65.2 Å². The molecule has 2 N–H and O–H groups in total. The van der Waals surface area contributed by atoms with Crippen LogP contribution in [0.25, 0.3) is 0 Å². The third-order valence-electron chi connectivity index (χ3n) is 3.11. The van der Waals surface area contributed by atoms with Gasteiger partial charge in [-0.1, -0.05) is 30.3 Å². The van der Waals surface area contributed by atoms with Gasteiger partial charge in [0, 0.05) is 26.7 Å². The van der Waals surface area contributed by atoms with Crippen LogP contribution >= 0.6 is 0 Å². The van der Waals surface area contributed by atoms with E-state index in [0.717, 1.165) is 5.56 Å². The number of aliphatic carboxylic acids is 1. The number of aliphatic hydroxyl groups excluding tert-OH is 1. The lowest BCUT2D eigenvalue weighted by atomic mass is 10.2. The van der Waals surface area contributed by atoms with E-state index in [2.05, 4.69) is 0 Å². The van der Waals surface area contributed by atoms with Crippen LogP contribution in [-0.2, 0) is 16.1 Å². The predicted molar refractivity (Wildman–Crippen MR) is 78.7 cm³/mol. The Hall–Kier alpha value is -1.92. The first-order valence-electron chi connectivity index (χ1n) is 6.86. The second-order valence-corrected chi connectivity index (χ2v) is 4.88. The highest BCUT2D eigenvalue weighted by molar-refractivity contribution is 5.78. The molecule has 0 aromatic heterocycles. The van der Waals surface area contributed by atoms with Gasteiger partial charge >= 0.3 is 5.97 Å². The number of amides is 1. The summed E-state index contributed by atoms with van der Waals surface area (Å²) in [5, 5.41) is 17.7. The van der Waals surface area contributed by atoms with Gasteiger partial charge < -0.3 is 15.1 Å². The molecular weight excluding hydrogens is 272 g/mol. The molecule has 21 heavy (non-hydrogen) atoms. The highest BCUT2D eigenvalue weighted by atomic mass is 16.4. The minimum atomic E-state index is -0.914. The number of aliphatic hydroxyl groups is 1. The molecule has 1 aromatic rings. The zero-order valence-electron chi connectivity index (χ0n) is 12.2. The monoisotopic (exact) mass is 294 g/mol. The zero-order valence-corrected chi connectivity index (χ0v) is 12.2. The maximum Gasteiger partial charge on any atom is 0.304 e. The Bertz CT molecular complexity index is 450. The van der Waals surface area contributed by atoms with E-state index < -0.39 is 5.97 Å². The van der Waals surface area contributed by atoms with Gasteiger partial charge in [0.15, 0.2) is 0 Å².